The summed E-state index contributed by atoms with van der Waals surface area (Å²) in [6.45, 7) is 6.77. The van der Waals surface area contributed by atoms with E-state index in [1.54, 1.807) is 0 Å². The van der Waals surface area contributed by atoms with Crippen molar-refractivity contribution in [2.45, 2.75) is 39.7 Å². The normalized spacial score (nSPS) is 17.8. The average Bonchev–Trinajstić information content (AvgIpc) is 2.92. The minimum Gasteiger partial charge on any atom is -0.342 e. The first kappa shape index (κ1) is 16.5. The number of hydrogen-bond donors (Lipinski definition) is 0. The molecule has 0 radical (unpaired) electrons. The third-order valence-electron chi connectivity index (χ3n) is 4.25. The number of benzene rings is 1. The van der Waals surface area contributed by atoms with Crippen LogP contribution in [0.4, 0.5) is 0 Å². The first-order valence-corrected chi connectivity index (χ1v) is 8.26. The Labute approximate surface area is 133 Å². The lowest BCUT2D eigenvalue weighted by atomic mass is 10.1. The molecule has 4 heteroatoms. The smallest absolute Gasteiger partial charge is 0.228 e. The zero-order valence-corrected chi connectivity index (χ0v) is 13.6. The van der Waals surface area contributed by atoms with Crippen LogP contribution in [-0.2, 0) is 16.1 Å². The first-order valence-electron chi connectivity index (χ1n) is 8.26. The largest absolute Gasteiger partial charge is 0.342 e. The van der Waals surface area contributed by atoms with Crippen LogP contribution < -0.4 is 0 Å². The number of amides is 2. The molecule has 1 aliphatic heterocycles. The van der Waals surface area contributed by atoms with Gasteiger partial charge in [0.25, 0.3) is 0 Å². The van der Waals surface area contributed by atoms with Gasteiger partial charge in [-0.1, -0.05) is 43.7 Å². The summed E-state index contributed by atoms with van der Waals surface area (Å²) in [5.41, 5.74) is 1.13. The molecule has 0 N–H and O–H groups in total. The Morgan fingerprint density at radius 1 is 1.27 bits per heavy atom. The first-order chi connectivity index (χ1) is 10.7. The number of carbonyl (C=O) groups excluding carboxylic acids is 2. The van der Waals surface area contributed by atoms with E-state index in [0.29, 0.717) is 26.1 Å². The lowest BCUT2D eigenvalue weighted by Gasteiger charge is -2.24. The summed E-state index contributed by atoms with van der Waals surface area (Å²) in [6, 6.07) is 10.0. The molecule has 0 spiro atoms. The molecular formula is C18H26N2O2. The summed E-state index contributed by atoms with van der Waals surface area (Å²) in [6.07, 6.45) is 2.44. The summed E-state index contributed by atoms with van der Waals surface area (Å²) in [4.78, 5) is 28.4. The van der Waals surface area contributed by atoms with Gasteiger partial charge in [0.05, 0.1) is 5.92 Å². The average molecular weight is 302 g/mol. The van der Waals surface area contributed by atoms with E-state index in [1.165, 1.54) is 0 Å². The molecule has 2 rings (SSSR count). The fourth-order valence-corrected chi connectivity index (χ4v) is 2.91. The summed E-state index contributed by atoms with van der Waals surface area (Å²) < 4.78 is 0. The predicted octanol–water partition coefficient (Wildman–Crippen LogP) is 2.68. The Morgan fingerprint density at radius 2 is 2.00 bits per heavy atom. The van der Waals surface area contributed by atoms with Crippen LogP contribution in [0, 0.1) is 5.92 Å². The molecular weight excluding hydrogens is 276 g/mol. The SMILES string of the molecule is CCCCN1C[C@H](C(=O)N(CC)Cc2ccccc2)CC1=O. The lowest BCUT2D eigenvalue weighted by Crippen LogP contribution is -2.37. The van der Waals surface area contributed by atoms with Gasteiger partial charge < -0.3 is 9.80 Å². The highest BCUT2D eigenvalue weighted by Crippen LogP contribution is 2.21. The standard InChI is InChI=1S/C18H26N2O2/c1-3-5-11-20-14-16(12-17(20)21)18(22)19(4-2)13-15-9-7-6-8-10-15/h6-10,16H,3-5,11-14H2,1-2H3/t16-/m1/s1. The maximum Gasteiger partial charge on any atom is 0.228 e. The van der Waals surface area contributed by atoms with Gasteiger partial charge in [0.1, 0.15) is 0 Å². The fourth-order valence-electron chi connectivity index (χ4n) is 2.91. The van der Waals surface area contributed by atoms with Crippen molar-refractivity contribution in [1.82, 2.24) is 9.80 Å². The maximum absolute atomic E-state index is 12.7. The third kappa shape index (κ3) is 4.09. The van der Waals surface area contributed by atoms with E-state index in [-0.39, 0.29) is 17.7 Å². The summed E-state index contributed by atoms with van der Waals surface area (Å²) >= 11 is 0. The number of likely N-dealkylation sites (tertiary alicyclic amines) is 1. The van der Waals surface area contributed by atoms with E-state index in [0.717, 1.165) is 24.9 Å². The Balaban J connectivity index is 1.96. The van der Waals surface area contributed by atoms with Crippen molar-refractivity contribution in [2.75, 3.05) is 19.6 Å². The van der Waals surface area contributed by atoms with Crippen LogP contribution >= 0.6 is 0 Å². The van der Waals surface area contributed by atoms with Gasteiger partial charge in [-0.2, -0.15) is 0 Å². The minimum atomic E-state index is -0.173. The molecule has 1 aromatic rings. The highest BCUT2D eigenvalue weighted by molar-refractivity contribution is 5.89. The molecule has 1 saturated heterocycles. The van der Waals surface area contributed by atoms with Gasteiger partial charge in [-0.25, -0.2) is 0 Å². The van der Waals surface area contributed by atoms with Crippen molar-refractivity contribution in [1.29, 1.82) is 0 Å². The van der Waals surface area contributed by atoms with Gasteiger partial charge in [0.2, 0.25) is 11.8 Å². The van der Waals surface area contributed by atoms with Crippen LogP contribution in [0.5, 0.6) is 0 Å². The Bertz CT molecular complexity index is 501. The van der Waals surface area contributed by atoms with Crippen molar-refractivity contribution in [3.8, 4) is 0 Å². The van der Waals surface area contributed by atoms with Crippen LogP contribution in [0.1, 0.15) is 38.7 Å². The highest BCUT2D eigenvalue weighted by atomic mass is 16.2. The van der Waals surface area contributed by atoms with E-state index < -0.39 is 0 Å². The quantitative estimate of drug-likeness (QED) is 0.777. The molecule has 1 atom stereocenters. The molecule has 1 fully saturated rings. The number of carbonyl (C=O) groups is 2. The van der Waals surface area contributed by atoms with Crippen LogP contribution in [0.2, 0.25) is 0 Å². The van der Waals surface area contributed by atoms with Gasteiger partial charge in [-0.3, -0.25) is 9.59 Å². The zero-order chi connectivity index (χ0) is 15.9. The number of unbranched alkanes of at least 4 members (excludes halogenated alkanes) is 1. The topological polar surface area (TPSA) is 40.6 Å². The van der Waals surface area contributed by atoms with E-state index >= 15 is 0 Å². The molecule has 0 aromatic heterocycles. The summed E-state index contributed by atoms with van der Waals surface area (Å²) in [5.74, 6) is 0.0642. The molecule has 0 bridgehead atoms. The summed E-state index contributed by atoms with van der Waals surface area (Å²) in [5, 5.41) is 0. The molecule has 1 heterocycles. The number of nitrogens with zero attached hydrogens (tertiary/aromatic N) is 2. The number of hydrogen-bond acceptors (Lipinski definition) is 2. The van der Waals surface area contributed by atoms with Crippen molar-refractivity contribution < 1.29 is 9.59 Å². The van der Waals surface area contributed by atoms with Crippen LogP contribution in [0.3, 0.4) is 0 Å². The number of rotatable bonds is 7. The molecule has 1 aliphatic rings. The van der Waals surface area contributed by atoms with Gasteiger partial charge in [0, 0.05) is 32.6 Å². The van der Waals surface area contributed by atoms with E-state index in [9.17, 15) is 9.59 Å². The molecule has 1 aromatic carbocycles. The Kier molecular flexibility index (Phi) is 5.99. The van der Waals surface area contributed by atoms with Crippen molar-refractivity contribution in [3.05, 3.63) is 35.9 Å². The second kappa shape index (κ2) is 7.97. The third-order valence-corrected chi connectivity index (χ3v) is 4.25. The van der Waals surface area contributed by atoms with Crippen LogP contribution in [0.15, 0.2) is 30.3 Å². The molecule has 120 valence electrons. The molecule has 22 heavy (non-hydrogen) atoms. The monoisotopic (exact) mass is 302 g/mol. The molecule has 0 saturated carbocycles. The Morgan fingerprint density at radius 3 is 2.64 bits per heavy atom. The minimum absolute atomic E-state index is 0.110. The van der Waals surface area contributed by atoms with Gasteiger partial charge >= 0.3 is 0 Å². The second-order valence-electron chi connectivity index (χ2n) is 5.93. The van der Waals surface area contributed by atoms with Gasteiger partial charge in [-0.05, 0) is 18.9 Å². The predicted molar refractivity (Wildman–Crippen MR) is 87.1 cm³/mol. The van der Waals surface area contributed by atoms with Crippen LogP contribution in [-0.4, -0.2) is 41.2 Å². The van der Waals surface area contributed by atoms with Crippen molar-refractivity contribution >= 4 is 11.8 Å². The fraction of sp³-hybridized carbons (Fsp3) is 0.556. The Hall–Kier alpha value is -1.84. The van der Waals surface area contributed by atoms with Gasteiger partial charge in [-0.15, -0.1) is 0 Å². The molecule has 4 nitrogen and oxygen atoms in total. The molecule has 0 unspecified atom stereocenters. The molecule has 2 amide bonds. The highest BCUT2D eigenvalue weighted by Gasteiger charge is 2.35. The lowest BCUT2D eigenvalue weighted by molar-refractivity contribution is -0.136. The molecule has 0 aliphatic carbocycles. The van der Waals surface area contributed by atoms with Crippen LogP contribution in [0.25, 0.3) is 0 Å². The van der Waals surface area contributed by atoms with E-state index in [4.69, 9.17) is 0 Å². The maximum atomic E-state index is 12.7. The van der Waals surface area contributed by atoms with E-state index in [1.807, 2.05) is 47.1 Å². The zero-order valence-electron chi connectivity index (χ0n) is 13.6. The van der Waals surface area contributed by atoms with E-state index in [2.05, 4.69) is 6.92 Å². The summed E-state index contributed by atoms with van der Waals surface area (Å²) in [7, 11) is 0. The second-order valence-corrected chi connectivity index (χ2v) is 5.93. The van der Waals surface area contributed by atoms with Crippen molar-refractivity contribution in [3.63, 3.8) is 0 Å². The van der Waals surface area contributed by atoms with Gasteiger partial charge in [0.15, 0.2) is 0 Å². The van der Waals surface area contributed by atoms with Crippen molar-refractivity contribution in [2.24, 2.45) is 5.92 Å².